The first-order valence-electron chi connectivity index (χ1n) is 13.2. The Labute approximate surface area is 223 Å². The fourth-order valence-electron chi connectivity index (χ4n) is 5.16. The summed E-state index contributed by atoms with van der Waals surface area (Å²) in [5.41, 5.74) is 3.80. The minimum Gasteiger partial charge on any atom is -0.445 e. The molecule has 1 aliphatic heterocycles. The molecule has 5 rings (SSSR count). The molecule has 1 saturated carbocycles. The molecule has 1 aromatic heterocycles. The maximum atomic E-state index is 13.4. The van der Waals surface area contributed by atoms with Crippen molar-refractivity contribution in [2.45, 2.75) is 44.6 Å². The fraction of sp³-hybridized carbons (Fsp3) is 0.414. The average Bonchev–Trinajstić information content (AvgIpc) is 3.46. The minimum atomic E-state index is -3.11. The molecule has 2 amide bonds. The number of nitrogens with zero attached hydrogens (tertiary/aromatic N) is 2. The summed E-state index contributed by atoms with van der Waals surface area (Å²) in [4.78, 5) is 32.2. The molecule has 9 heteroatoms. The van der Waals surface area contributed by atoms with Crippen molar-refractivity contribution in [2.24, 2.45) is 5.92 Å². The van der Waals surface area contributed by atoms with Gasteiger partial charge >= 0.3 is 0 Å². The van der Waals surface area contributed by atoms with Crippen LogP contribution in [0.1, 0.15) is 53.1 Å². The van der Waals surface area contributed by atoms with Crippen molar-refractivity contribution < 1.29 is 22.4 Å². The summed E-state index contributed by atoms with van der Waals surface area (Å²) in [5.74, 6) is 0.991. The molecule has 1 aliphatic carbocycles. The summed E-state index contributed by atoms with van der Waals surface area (Å²) in [5, 5.41) is 2.93. The van der Waals surface area contributed by atoms with E-state index in [0.29, 0.717) is 29.7 Å². The lowest BCUT2D eigenvalue weighted by molar-refractivity contribution is -0.133. The number of carbonyl (C=O) groups is 2. The van der Waals surface area contributed by atoms with Crippen molar-refractivity contribution >= 4 is 21.7 Å². The largest absolute Gasteiger partial charge is 0.445 e. The zero-order valence-corrected chi connectivity index (χ0v) is 22.3. The van der Waals surface area contributed by atoms with E-state index in [-0.39, 0.29) is 36.4 Å². The third-order valence-corrected chi connectivity index (χ3v) is 9.19. The highest BCUT2D eigenvalue weighted by molar-refractivity contribution is 7.91. The maximum absolute atomic E-state index is 13.4. The van der Waals surface area contributed by atoms with Crippen LogP contribution in [0.25, 0.3) is 11.5 Å². The first-order valence-corrected chi connectivity index (χ1v) is 15.0. The van der Waals surface area contributed by atoms with Gasteiger partial charge in [0.2, 0.25) is 11.8 Å². The Hall–Kier alpha value is -3.46. The van der Waals surface area contributed by atoms with Gasteiger partial charge in [0.1, 0.15) is 12.3 Å². The van der Waals surface area contributed by atoms with Crippen molar-refractivity contribution in [3.8, 4) is 11.5 Å². The molecular formula is C29H33N3O5S. The molecule has 3 aromatic rings. The van der Waals surface area contributed by atoms with Crippen molar-refractivity contribution in [2.75, 3.05) is 24.6 Å². The lowest BCUT2D eigenvalue weighted by Crippen LogP contribution is -2.52. The molecule has 0 bridgehead atoms. The van der Waals surface area contributed by atoms with Gasteiger partial charge in [0, 0.05) is 24.2 Å². The molecule has 0 unspecified atom stereocenters. The van der Waals surface area contributed by atoms with Gasteiger partial charge in [0.05, 0.1) is 17.7 Å². The third kappa shape index (κ3) is 6.32. The van der Waals surface area contributed by atoms with Crippen LogP contribution >= 0.6 is 0 Å². The monoisotopic (exact) mass is 535 g/mol. The van der Waals surface area contributed by atoms with Gasteiger partial charge < -0.3 is 14.6 Å². The number of amides is 2. The highest BCUT2D eigenvalue weighted by Gasteiger charge is 2.38. The second kappa shape index (κ2) is 11.1. The van der Waals surface area contributed by atoms with E-state index in [1.165, 1.54) is 17.4 Å². The Bertz CT molecular complexity index is 1350. The first kappa shape index (κ1) is 26.2. The normalized spacial score (nSPS) is 21.0. The number of rotatable bonds is 9. The number of carbonyl (C=O) groups excluding carboxylic acids is 2. The molecule has 3 atom stereocenters. The molecule has 8 nitrogen and oxygen atoms in total. The van der Waals surface area contributed by atoms with Gasteiger partial charge in [0.15, 0.2) is 9.84 Å². The number of sulfone groups is 1. The van der Waals surface area contributed by atoms with E-state index in [1.54, 1.807) is 35.4 Å². The Balaban J connectivity index is 1.21. The molecular weight excluding hydrogens is 502 g/mol. The molecule has 1 saturated heterocycles. The van der Waals surface area contributed by atoms with Crippen LogP contribution in [0.3, 0.4) is 0 Å². The van der Waals surface area contributed by atoms with Crippen LogP contribution in [0.15, 0.2) is 65.4 Å². The smallest absolute Gasteiger partial charge is 0.251 e. The van der Waals surface area contributed by atoms with Gasteiger partial charge in [-0.15, -0.1) is 0 Å². The van der Waals surface area contributed by atoms with E-state index < -0.39 is 15.9 Å². The molecule has 2 heterocycles. The average molecular weight is 536 g/mol. The van der Waals surface area contributed by atoms with Crippen LogP contribution < -0.4 is 5.32 Å². The zero-order chi connectivity index (χ0) is 26.7. The van der Waals surface area contributed by atoms with Gasteiger partial charge in [-0.1, -0.05) is 36.2 Å². The molecule has 1 N–H and O–H groups in total. The molecule has 2 aromatic carbocycles. The molecule has 38 heavy (non-hydrogen) atoms. The third-order valence-electron chi connectivity index (χ3n) is 7.58. The topological polar surface area (TPSA) is 110 Å². The predicted molar refractivity (Wildman–Crippen MR) is 144 cm³/mol. The molecule has 2 aliphatic rings. The van der Waals surface area contributed by atoms with Crippen LogP contribution in [0.4, 0.5) is 0 Å². The Kier molecular flexibility index (Phi) is 7.65. The number of hydrogen-bond acceptors (Lipinski definition) is 6. The van der Waals surface area contributed by atoms with E-state index in [1.807, 2.05) is 0 Å². The number of aryl methyl sites for hydroxylation is 1. The van der Waals surface area contributed by atoms with Crippen molar-refractivity contribution in [1.82, 2.24) is 15.2 Å². The molecule has 200 valence electrons. The van der Waals surface area contributed by atoms with E-state index >= 15 is 0 Å². The fourth-order valence-corrected chi connectivity index (χ4v) is 6.36. The molecule has 0 radical (unpaired) electrons. The Morgan fingerprint density at radius 1 is 1.08 bits per heavy atom. The van der Waals surface area contributed by atoms with Crippen LogP contribution in [0.5, 0.6) is 0 Å². The lowest BCUT2D eigenvalue weighted by Gasteiger charge is -2.30. The van der Waals surface area contributed by atoms with Crippen molar-refractivity contribution in [3.63, 3.8) is 0 Å². The zero-order valence-electron chi connectivity index (χ0n) is 21.5. The number of oxazole rings is 1. The van der Waals surface area contributed by atoms with E-state index in [9.17, 15) is 18.0 Å². The van der Waals surface area contributed by atoms with Gasteiger partial charge in [-0.05, 0) is 67.9 Å². The van der Waals surface area contributed by atoms with Gasteiger partial charge in [-0.25, -0.2) is 13.4 Å². The molecule has 0 spiro atoms. The summed E-state index contributed by atoms with van der Waals surface area (Å²) >= 11 is 0. The number of aromatic nitrogens is 1. The number of nitrogens with one attached hydrogen (secondary N) is 1. The summed E-state index contributed by atoms with van der Waals surface area (Å²) in [7, 11) is -3.11. The van der Waals surface area contributed by atoms with Crippen LogP contribution in [-0.2, 0) is 14.6 Å². The number of hydrogen-bond donors (Lipinski definition) is 1. The second-order valence-electron chi connectivity index (χ2n) is 10.4. The van der Waals surface area contributed by atoms with E-state index in [2.05, 4.69) is 41.5 Å². The Morgan fingerprint density at radius 2 is 1.79 bits per heavy atom. The van der Waals surface area contributed by atoms with Crippen LogP contribution in [0.2, 0.25) is 0 Å². The second-order valence-corrected chi connectivity index (χ2v) is 12.7. The standard InChI is InChI=1S/C29H33N3O5S/c1-20-5-7-21(8-6-20)25-19-24(25)3-2-4-26(29(34)32-14-17-38(35,36)18-15-32)31-27(33)22-9-11-23(12-10-22)28-30-13-16-37-28/h5-13,16,24-26H,2-4,14-15,17-19H2,1H3,(H,31,33)/t24-,25+,26+/m1/s1. The SMILES string of the molecule is Cc1ccc([C@@H]2C[C@H]2CCC[C@H](NC(=O)c2ccc(-c3ncco3)cc2)C(=O)N2CCS(=O)(=O)CC2)cc1. The quantitative estimate of drug-likeness (QED) is 0.444. The summed E-state index contributed by atoms with van der Waals surface area (Å²) in [6.45, 7) is 2.41. The Morgan fingerprint density at radius 3 is 2.45 bits per heavy atom. The van der Waals surface area contributed by atoms with Gasteiger partial charge in [-0.3, -0.25) is 9.59 Å². The summed E-state index contributed by atoms with van der Waals surface area (Å²) in [6.07, 6.45) is 6.50. The van der Waals surface area contributed by atoms with E-state index in [0.717, 1.165) is 24.8 Å². The minimum absolute atomic E-state index is 0.0397. The lowest BCUT2D eigenvalue weighted by atomic mass is 10.0. The highest BCUT2D eigenvalue weighted by Crippen LogP contribution is 2.50. The first-order chi connectivity index (χ1) is 18.3. The maximum Gasteiger partial charge on any atom is 0.251 e. The summed E-state index contributed by atoms with van der Waals surface area (Å²) in [6, 6.07) is 14.9. The summed E-state index contributed by atoms with van der Waals surface area (Å²) < 4.78 is 29.0. The predicted octanol–water partition coefficient (Wildman–Crippen LogP) is 3.98. The van der Waals surface area contributed by atoms with Crippen molar-refractivity contribution in [1.29, 1.82) is 0 Å². The van der Waals surface area contributed by atoms with Gasteiger partial charge in [-0.2, -0.15) is 0 Å². The van der Waals surface area contributed by atoms with Crippen LogP contribution in [0, 0.1) is 12.8 Å². The van der Waals surface area contributed by atoms with Gasteiger partial charge in [0.25, 0.3) is 5.91 Å². The highest BCUT2D eigenvalue weighted by atomic mass is 32.2. The molecule has 2 fully saturated rings. The number of benzene rings is 2. The van der Waals surface area contributed by atoms with E-state index in [4.69, 9.17) is 4.42 Å². The van der Waals surface area contributed by atoms with Crippen molar-refractivity contribution in [3.05, 3.63) is 77.7 Å². The van der Waals surface area contributed by atoms with Crippen LogP contribution in [-0.4, -0.2) is 60.8 Å².